The SMILES string of the molecule is Cc1ccc(CNC(=O)c2sc(CC(=O)Nc3ccccc3C)nc2C)cc1. The minimum absolute atomic E-state index is 0.144. The molecule has 0 fully saturated rings. The number of para-hydroxylation sites is 1. The number of nitrogens with zero attached hydrogens (tertiary/aromatic N) is 1. The summed E-state index contributed by atoms with van der Waals surface area (Å²) in [6.07, 6.45) is 0.144. The van der Waals surface area contributed by atoms with Gasteiger partial charge in [-0.05, 0) is 38.0 Å². The lowest BCUT2D eigenvalue weighted by molar-refractivity contribution is -0.115. The van der Waals surface area contributed by atoms with Gasteiger partial charge in [-0.2, -0.15) is 0 Å². The zero-order valence-electron chi connectivity index (χ0n) is 16.2. The summed E-state index contributed by atoms with van der Waals surface area (Å²) in [5.41, 5.74) is 4.66. The van der Waals surface area contributed by atoms with E-state index in [1.807, 2.05) is 62.4 Å². The molecule has 1 aromatic heterocycles. The Morgan fingerprint density at radius 3 is 2.43 bits per heavy atom. The van der Waals surface area contributed by atoms with Gasteiger partial charge in [0.25, 0.3) is 5.91 Å². The first kappa shape index (κ1) is 19.8. The highest BCUT2D eigenvalue weighted by atomic mass is 32.1. The Labute approximate surface area is 168 Å². The summed E-state index contributed by atoms with van der Waals surface area (Å²) in [6, 6.07) is 15.6. The Balaban J connectivity index is 1.60. The topological polar surface area (TPSA) is 71.1 Å². The maximum atomic E-state index is 12.5. The van der Waals surface area contributed by atoms with E-state index in [4.69, 9.17) is 0 Å². The molecular weight excluding hydrogens is 370 g/mol. The Morgan fingerprint density at radius 1 is 1.00 bits per heavy atom. The van der Waals surface area contributed by atoms with Crippen molar-refractivity contribution in [1.82, 2.24) is 10.3 Å². The quantitative estimate of drug-likeness (QED) is 0.660. The molecule has 5 nitrogen and oxygen atoms in total. The van der Waals surface area contributed by atoms with E-state index in [1.165, 1.54) is 16.9 Å². The van der Waals surface area contributed by atoms with Crippen molar-refractivity contribution in [2.75, 3.05) is 5.32 Å². The molecule has 0 bridgehead atoms. The third kappa shape index (κ3) is 5.04. The van der Waals surface area contributed by atoms with Crippen molar-refractivity contribution >= 4 is 28.8 Å². The maximum Gasteiger partial charge on any atom is 0.263 e. The molecule has 2 aromatic carbocycles. The number of rotatable bonds is 6. The van der Waals surface area contributed by atoms with Crippen LogP contribution < -0.4 is 10.6 Å². The molecule has 0 saturated heterocycles. The molecule has 1 heterocycles. The second-order valence-electron chi connectivity index (χ2n) is 6.73. The van der Waals surface area contributed by atoms with E-state index in [0.717, 1.165) is 16.8 Å². The van der Waals surface area contributed by atoms with E-state index in [9.17, 15) is 9.59 Å². The largest absolute Gasteiger partial charge is 0.347 e. The third-order valence-corrected chi connectivity index (χ3v) is 5.51. The van der Waals surface area contributed by atoms with E-state index >= 15 is 0 Å². The average Bonchev–Trinajstić information content (AvgIpc) is 3.03. The van der Waals surface area contributed by atoms with Gasteiger partial charge < -0.3 is 10.6 Å². The van der Waals surface area contributed by atoms with E-state index in [0.29, 0.717) is 22.1 Å². The van der Waals surface area contributed by atoms with Gasteiger partial charge in [0.15, 0.2) is 0 Å². The summed E-state index contributed by atoms with van der Waals surface area (Å²) in [6.45, 7) is 6.22. The van der Waals surface area contributed by atoms with Crippen LogP contribution in [0.4, 0.5) is 5.69 Å². The molecule has 3 rings (SSSR count). The molecule has 0 radical (unpaired) electrons. The standard InChI is InChI=1S/C22H23N3O2S/c1-14-8-10-17(11-9-14)13-23-22(27)21-16(3)24-20(28-21)12-19(26)25-18-7-5-4-6-15(18)2/h4-11H,12-13H2,1-3H3,(H,23,27)(H,25,26). The zero-order chi connectivity index (χ0) is 20.1. The van der Waals surface area contributed by atoms with Crippen molar-refractivity contribution < 1.29 is 9.59 Å². The minimum Gasteiger partial charge on any atom is -0.347 e. The number of carbonyl (C=O) groups excluding carboxylic acids is 2. The monoisotopic (exact) mass is 393 g/mol. The van der Waals surface area contributed by atoms with Gasteiger partial charge in [-0.3, -0.25) is 9.59 Å². The molecule has 0 spiro atoms. The van der Waals surface area contributed by atoms with E-state index in [-0.39, 0.29) is 18.2 Å². The van der Waals surface area contributed by atoms with Crippen molar-refractivity contribution in [3.8, 4) is 0 Å². The number of aromatic nitrogens is 1. The Bertz CT molecular complexity index is 993. The van der Waals surface area contributed by atoms with Crippen molar-refractivity contribution in [2.45, 2.75) is 33.7 Å². The Morgan fingerprint density at radius 2 is 1.71 bits per heavy atom. The van der Waals surface area contributed by atoms with Gasteiger partial charge in [0.1, 0.15) is 9.88 Å². The number of nitrogens with one attached hydrogen (secondary N) is 2. The van der Waals surface area contributed by atoms with Crippen LogP contribution in [0.5, 0.6) is 0 Å². The van der Waals surface area contributed by atoms with Crippen molar-refractivity contribution in [1.29, 1.82) is 0 Å². The molecule has 28 heavy (non-hydrogen) atoms. The van der Waals surface area contributed by atoms with Gasteiger partial charge >= 0.3 is 0 Å². The highest BCUT2D eigenvalue weighted by molar-refractivity contribution is 7.13. The zero-order valence-corrected chi connectivity index (χ0v) is 17.0. The predicted molar refractivity (Wildman–Crippen MR) is 113 cm³/mol. The molecule has 0 aliphatic carbocycles. The van der Waals surface area contributed by atoms with E-state index in [2.05, 4.69) is 15.6 Å². The van der Waals surface area contributed by atoms with Crippen LogP contribution in [-0.4, -0.2) is 16.8 Å². The van der Waals surface area contributed by atoms with E-state index in [1.54, 1.807) is 6.92 Å². The third-order valence-electron chi connectivity index (χ3n) is 4.35. The van der Waals surface area contributed by atoms with Crippen LogP contribution in [0.25, 0.3) is 0 Å². The Kier molecular flexibility index (Phi) is 6.21. The fourth-order valence-corrected chi connectivity index (χ4v) is 3.73. The lowest BCUT2D eigenvalue weighted by atomic mass is 10.1. The van der Waals surface area contributed by atoms with Crippen LogP contribution in [0, 0.1) is 20.8 Å². The Hall–Kier alpha value is -2.99. The van der Waals surface area contributed by atoms with Gasteiger partial charge in [0.05, 0.1) is 12.1 Å². The number of aryl methyl sites for hydroxylation is 3. The molecule has 2 amide bonds. The number of hydrogen-bond donors (Lipinski definition) is 2. The van der Waals surface area contributed by atoms with Crippen LogP contribution in [0.1, 0.15) is 37.1 Å². The summed E-state index contributed by atoms with van der Waals surface area (Å²) < 4.78 is 0. The van der Waals surface area contributed by atoms with E-state index < -0.39 is 0 Å². The molecule has 0 saturated carbocycles. The maximum absolute atomic E-state index is 12.5. The summed E-state index contributed by atoms with van der Waals surface area (Å²) in [5.74, 6) is -0.309. The summed E-state index contributed by atoms with van der Waals surface area (Å²) in [7, 11) is 0. The molecule has 3 aromatic rings. The highest BCUT2D eigenvalue weighted by Gasteiger charge is 2.17. The number of thiazole rings is 1. The van der Waals surface area contributed by atoms with Crippen molar-refractivity contribution in [3.05, 3.63) is 80.8 Å². The van der Waals surface area contributed by atoms with Crippen LogP contribution in [0.3, 0.4) is 0 Å². The molecule has 0 unspecified atom stereocenters. The summed E-state index contributed by atoms with van der Waals surface area (Å²) >= 11 is 1.26. The average molecular weight is 394 g/mol. The number of benzene rings is 2. The fraction of sp³-hybridized carbons (Fsp3) is 0.227. The van der Waals surface area contributed by atoms with Crippen molar-refractivity contribution in [3.63, 3.8) is 0 Å². The number of hydrogen-bond acceptors (Lipinski definition) is 4. The van der Waals surface area contributed by atoms with Crippen LogP contribution in [-0.2, 0) is 17.8 Å². The number of amides is 2. The molecule has 144 valence electrons. The van der Waals surface area contributed by atoms with Gasteiger partial charge in [0, 0.05) is 12.2 Å². The molecule has 0 aliphatic rings. The molecule has 6 heteroatoms. The second-order valence-corrected chi connectivity index (χ2v) is 7.81. The summed E-state index contributed by atoms with van der Waals surface area (Å²) in [5, 5.41) is 6.44. The molecule has 0 atom stereocenters. The first-order valence-corrected chi connectivity index (χ1v) is 9.89. The predicted octanol–water partition coefficient (Wildman–Crippen LogP) is 4.18. The van der Waals surface area contributed by atoms with Gasteiger partial charge in [-0.25, -0.2) is 4.98 Å². The molecular formula is C22H23N3O2S. The lowest BCUT2D eigenvalue weighted by Crippen LogP contribution is -2.22. The number of carbonyl (C=O) groups is 2. The lowest BCUT2D eigenvalue weighted by Gasteiger charge is -2.06. The van der Waals surface area contributed by atoms with Gasteiger partial charge in [-0.15, -0.1) is 11.3 Å². The van der Waals surface area contributed by atoms with Gasteiger partial charge in [0.2, 0.25) is 5.91 Å². The summed E-state index contributed by atoms with van der Waals surface area (Å²) in [4.78, 5) is 29.8. The first-order chi connectivity index (χ1) is 13.4. The smallest absolute Gasteiger partial charge is 0.263 e. The molecule has 0 aliphatic heterocycles. The second kappa shape index (κ2) is 8.80. The van der Waals surface area contributed by atoms with Crippen LogP contribution >= 0.6 is 11.3 Å². The van der Waals surface area contributed by atoms with Gasteiger partial charge in [-0.1, -0.05) is 48.0 Å². The first-order valence-electron chi connectivity index (χ1n) is 9.08. The fourth-order valence-electron chi connectivity index (χ4n) is 2.75. The minimum atomic E-state index is -0.166. The van der Waals surface area contributed by atoms with Crippen LogP contribution in [0.15, 0.2) is 48.5 Å². The van der Waals surface area contributed by atoms with Crippen LogP contribution in [0.2, 0.25) is 0 Å². The molecule has 2 N–H and O–H groups in total. The highest BCUT2D eigenvalue weighted by Crippen LogP contribution is 2.20. The normalized spacial score (nSPS) is 10.5. The van der Waals surface area contributed by atoms with Crippen molar-refractivity contribution in [2.24, 2.45) is 0 Å². The number of anilines is 1.